The highest BCUT2D eigenvalue weighted by Gasteiger charge is 2.39. The van der Waals surface area contributed by atoms with E-state index in [0.29, 0.717) is 21.6 Å². The van der Waals surface area contributed by atoms with Gasteiger partial charge in [0.15, 0.2) is 0 Å². The summed E-state index contributed by atoms with van der Waals surface area (Å²) < 4.78 is 1.72. The summed E-state index contributed by atoms with van der Waals surface area (Å²) in [5, 5.41) is 9.87. The van der Waals surface area contributed by atoms with E-state index in [1.54, 1.807) is 16.9 Å². The van der Waals surface area contributed by atoms with Crippen LogP contribution in [-0.4, -0.2) is 25.6 Å². The van der Waals surface area contributed by atoms with Crippen LogP contribution in [0.2, 0.25) is 10.0 Å². The number of para-hydroxylation sites is 1. The van der Waals surface area contributed by atoms with E-state index in [2.05, 4.69) is 75.9 Å². The van der Waals surface area contributed by atoms with Crippen LogP contribution in [0, 0.1) is 5.92 Å². The highest BCUT2D eigenvalue weighted by atomic mass is 35.5. The van der Waals surface area contributed by atoms with Crippen molar-refractivity contribution in [2.75, 3.05) is 5.32 Å². The summed E-state index contributed by atoms with van der Waals surface area (Å²) in [6.07, 6.45) is 6.92. The van der Waals surface area contributed by atoms with Gasteiger partial charge in [0.1, 0.15) is 11.5 Å². The van der Waals surface area contributed by atoms with E-state index in [-0.39, 0.29) is 17.9 Å². The zero-order valence-electron chi connectivity index (χ0n) is 24.9. The Morgan fingerprint density at radius 2 is 1.65 bits per heavy atom. The van der Waals surface area contributed by atoms with Gasteiger partial charge in [0.2, 0.25) is 0 Å². The molecule has 2 aromatic heterocycles. The van der Waals surface area contributed by atoms with E-state index >= 15 is 0 Å². The molecular weight excluding hydrogens is 613 g/mol. The number of nitrogens with zero attached hydrogens (tertiary/aromatic N) is 3. The number of benzene rings is 4. The first kappa shape index (κ1) is 28.4. The molecule has 226 valence electrons. The Kier molecular flexibility index (Phi) is 7.04. The molecule has 0 aliphatic carbocycles. The first-order chi connectivity index (χ1) is 22.5. The van der Waals surface area contributed by atoms with Gasteiger partial charge in [0.05, 0.1) is 23.6 Å². The number of carbonyl (C=O) groups excluding carboxylic acids is 1. The SMILES string of the molecule is CC1CC=CN2C(=C1c1ccccc1)c1c(C(=O)Nc3ccnn3-c3ccccc3)[nH]c3cc(Cl)cc(c13)C2c1ccc(Cl)cc1. The quantitative estimate of drug-likeness (QED) is 0.197. The minimum atomic E-state index is -0.267. The lowest BCUT2D eigenvalue weighted by atomic mass is 9.82. The van der Waals surface area contributed by atoms with Gasteiger partial charge in [-0.2, -0.15) is 5.10 Å². The highest BCUT2D eigenvalue weighted by molar-refractivity contribution is 6.32. The number of anilines is 1. The summed E-state index contributed by atoms with van der Waals surface area (Å²) in [5.74, 6) is 0.480. The van der Waals surface area contributed by atoms with Gasteiger partial charge in [0, 0.05) is 38.8 Å². The van der Waals surface area contributed by atoms with Crippen LogP contribution in [0.4, 0.5) is 5.82 Å². The number of rotatable bonds is 5. The molecule has 1 amide bonds. The van der Waals surface area contributed by atoms with Crippen molar-refractivity contribution in [2.45, 2.75) is 19.4 Å². The van der Waals surface area contributed by atoms with Crippen LogP contribution in [0.25, 0.3) is 27.9 Å². The van der Waals surface area contributed by atoms with E-state index < -0.39 is 0 Å². The van der Waals surface area contributed by atoms with E-state index in [1.807, 2.05) is 60.7 Å². The molecule has 0 bridgehead atoms. The van der Waals surface area contributed by atoms with Gasteiger partial charge in [-0.3, -0.25) is 4.79 Å². The first-order valence-corrected chi connectivity index (χ1v) is 16.0. The third-order valence-corrected chi connectivity index (χ3v) is 9.32. The fraction of sp³-hybridized carbons (Fsp3) is 0.105. The van der Waals surface area contributed by atoms with Crippen molar-refractivity contribution in [2.24, 2.45) is 5.92 Å². The molecule has 8 heteroatoms. The number of fused-ring (bicyclic) bond motifs is 2. The molecule has 2 unspecified atom stereocenters. The zero-order valence-corrected chi connectivity index (χ0v) is 26.4. The van der Waals surface area contributed by atoms with Crippen molar-refractivity contribution in [3.8, 4) is 5.69 Å². The Bertz CT molecular complexity index is 2160. The van der Waals surface area contributed by atoms with Crippen molar-refractivity contribution in [1.29, 1.82) is 0 Å². The number of amides is 1. The number of hydrogen-bond acceptors (Lipinski definition) is 3. The average Bonchev–Trinajstić information content (AvgIpc) is 3.64. The molecule has 2 N–H and O–H groups in total. The number of allylic oxidation sites excluding steroid dienone is 2. The molecule has 4 aromatic carbocycles. The lowest BCUT2D eigenvalue weighted by molar-refractivity contribution is 0.102. The molecular formula is C38H29Cl2N5O. The maximum absolute atomic E-state index is 14.4. The van der Waals surface area contributed by atoms with Gasteiger partial charge >= 0.3 is 0 Å². The number of aromatic nitrogens is 3. The average molecular weight is 643 g/mol. The van der Waals surface area contributed by atoms with Crippen molar-refractivity contribution < 1.29 is 4.79 Å². The van der Waals surface area contributed by atoms with Crippen molar-refractivity contribution in [3.05, 3.63) is 160 Å². The van der Waals surface area contributed by atoms with Crippen LogP contribution >= 0.6 is 23.2 Å². The topological polar surface area (TPSA) is 66.0 Å². The lowest BCUT2D eigenvalue weighted by Crippen LogP contribution is -2.29. The molecule has 4 heterocycles. The van der Waals surface area contributed by atoms with Crippen LogP contribution in [0.5, 0.6) is 0 Å². The van der Waals surface area contributed by atoms with Gasteiger partial charge in [0.25, 0.3) is 5.91 Å². The Labute approximate surface area is 276 Å². The normalized spacial score (nSPS) is 17.2. The van der Waals surface area contributed by atoms with E-state index in [4.69, 9.17) is 23.2 Å². The van der Waals surface area contributed by atoms with Crippen LogP contribution in [0.3, 0.4) is 0 Å². The molecule has 0 radical (unpaired) electrons. The lowest BCUT2D eigenvalue weighted by Gasteiger charge is -2.39. The summed E-state index contributed by atoms with van der Waals surface area (Å²) >= 11 is 13.2. The van der Waals surface area contributed by atoms with Gasteiger partial charge < -0.3 is 15.2 Å². The minimum Gasteiger partial charge on any atom is -0.350 e. The van der Waals surface area contributed by atoms with Crippen LogP contribution in [-0.2, 0) is 0 Å². The molecule has 6 aromatic rings. The summed E-state index contributed by atoms with van der Waals surface area (Å²) in [6, 6.07) is 33.7. The second kappa shape index (κ2) is 11.4. The Balaban J connectivity index is 1.40. The van der Waals surface area contributed by atoms with Gasteiger partial charge in [-0.25, -0.2) is 4.68 Å². The van der Waals surface area contributed by atoms with Gasteiger partial charge in [-0.05, 0) is 71.0 Å². The molecule has 2 atom stereocenters. The molecule has 2 aliphatic heterocycles. The fourth-order valence-corrected chi connectivity index (χ4v) is 7.25. The molecule has 0 saturated heterocycles. The van der Waals surface area contributed by atoms with Crippen LogP contribution in [0.1, 0.15) is 52.1 Å². The summed E-state index contributed by atoms with van der Waals surface area (Å²) in [5.41, 5.74) is 8.35. The number of aromatic amines is 1. The van der Waals surface area contributed by atoms with E-state index in [0.717, 1.165) is 51.0 Å². The third kappa shape index (κ3) is 4.73. The smallest absolute Gasteiger partial charge is 0.273 e. The van der Waals surface area contributed by atoms with Gasteiger partial charge in [-0.15, -0.1) is 0 Å². The molecule has 8 rings (SSSR count). The predicted molar refractivity (Wildman–Crippen MR) is 186 cm³/mol. The minimum absolute atomic E-state index is 0.179. The van der Waals surface area contributed by atoms with E-state index in [1.165, 1.54) is 5.57 Å². The van der Waals surface area contributed by atoms with Crippen molar-refractivity contribution in [1.82, 2.24) is 19.7 Å². The molecule has 0 spiro atoms. The Hall–Kier alpha value is -5.04. The molecule has 2 aliphatic rings. The maximum Gasteiger partial charge on any atom is 0.273 e. The number of carbonyl (C=O) groups is 1. The standard InChI is InChI=1S/C38H29Cl2N5O/c1-23-9-8-20-44-36(25-14-16-26(39)17-15-25)29-21-27(40)22-30-33(29)34(37(44)32(23)24-10-4-2-5-11-24)35(42-30)38(46)43-31-18-19-41-45(31)28-12-6-3-7-13-28/h2-8,10-23,36,42H,9H2,1H3,(H,43,46). The zero-order chi connectivity index (χ0) is 31.4. The number of H-pyrrole nitrogens is 1. The molecule has 6 nitrogen and oxygen atoms in total. The van der Waals surface area contributed by atoms with Crippen LogP contribution < -0.4 is 5.32 Å². The second-order valence-electron chi connectivity index (χ2n) is 11.7. The van der Waals surface area contributed by atoms with E-state index in [9.17, 15) is 4.79 Å². The highest BCUT2D eigenvalue weighted by Crippen LogP contribution is 2.52. The fourth-order valence-electron chi connectivity index (χ4n) is 6.90. The summed E-state index contributed by atoms with van der Waals surface area (Å²) in [4.78, 5) is 20.3. The third-order valence-electron chi connectivity index (χ3n) is 8.85. The monoisotopic (exact) mass is 641 g/mol. The second-order valence-corrected chi connectivity index (χ2v) is 12.6. The number of halogens is 2. The molecule has 46 heavy (non-hydrogen) atoms. The number of hydrogen-bond donors (Lipinski definition) is 2. The Morgan fingerprint density at radius 1 is 0.913 bits per heavy atom. The largest absolute Gasteiger partial charge is 0.350 e. The Morgan fingerprint density at radius 3 is 2.41 bits per heavy atom. The van der Waals surface area contributed by atoms with Crippen molar-refractivity contribution >= 4 is 57.1 Å². The number of nitrogens with one attached hydrogen (secondary N) is 2. The summed E-state index contributed by atoms with van der Waals surface area (Å²) in [7, 11) is 0. The van der Waals surface area contributed by atoms with Crippen LogP contribution in [0.15, 0.2) is 122 Å². The van der Waals surface area contributed by atoms with Gasteiger partial charge in [-0.1, -0.05) is 96.9 Å². The molecule has 0 saturated carbocycles. The molecule has 0 fully saturated rings. The maximum atomic E-state index is 14.4. The predicted octanol–water partition coefficient (Wildman–Crippen LogP) is 9.74. The first-order valence-electron chi connectivity index (χ1n) is 15.2. The van der Waals surface area contributed by atoms with Crippen molar-refractivity contribution in [3.63, 3.8) is 0 Å². The summed E-state index contributed by atoms with van der Waals surface area (Å²) in [6.45, 7) is 2.25.